The van der Waals surface area contributed by atoms with E-state index in [0.29, 0.717) is 27.0 Å². The van der Waals surface area contributed by atoms with Gasteiger partial charge in [-0.25, -0.2) is 0 Å². The molecule has 0 saturated heterocycles. The number of carbonyl (C=O) groups is 2. The Morgan fingerprint density at radius 3 is 2.41 bits per heavy atom. The van der Waals surface area contributed by atoms with E-state index in [9.17, 15) is 9.59 Å². The largest absolute Gasteiger partial charge is 0.459 e. The quantitative estimate of drug-likeness (QED) is 0.556. The molecule has 2 N–H and O–H groups in total. The van der Waals surface area contributed by atoms with Gasteiger partial charge in [0.05, 0.1) is 6.26 Å². The lowest BCUT2D eigenvalue weighted by molar-refractivity contribution is -0.111. The fourth-order valence-corrected chi connectivity index (χ4v) is 2.73. The van der Waals surface area contributed by atoms with Crippen LogP contribution >= 0.6 is 23.2 Å². The molecule has 1 aromatic heterocycles. The fourth-order valence-electron chi connectivity index (χ4n) is 2.26. The molecule has 0 aliphatic heterocycles. The molecule has 0 atom stereocenters. The zero-order valence-corrected chi connectivity index (χ0v) is 15.4. The van der Waals surface area contributed by atoms with Crippen molar-refractivity contribution in [3.05, 3.63) is 88.3 Å². The number of hydrogen-bond acceptors (Lipinski definition) is 3. The predicted molar refractivity (Wildman–Crippen MR) is 107 cm³/mol. The number of hydrogen-bond donors (Lipinski definition) is 2. The molecule has 3 rings (SSSR count). The first kappa shape index (κ1) is 18.8. The van der Waals surface area contributed by atoms with Crippen LogP contribution in [0.25, 0.3) is 6.08 Å². The monoisotopic (exact) mass is 400 g/mol. The summed E-state index contributed by atoms with van der Waals surface area (Å²) in [7, 11) is 0. The van der Waals surface area contributed by atoms with Gasteiger partial charge in [-0.3, -0.25) is 9.59 Å². The van der Waals surface area contributed by atoms with E-state index < -0.39 is 0 Å². The highest BCUT2D eigenvalue weighted by molar-refractivity contribution is 6.35. The van der Waals surface area contributed by atoms with Gasteiger partial charge in [0.15, 0.2) is 5.76 Å². The summed E-state index contributed by atoms with van der Waals surface area (Å²) in [4.78, 5) is 24.1. The van der Waals surface area contributed by atoms with Crippen molar-refractivity contribution >= 4 is 52.5 Å². The van der Waals surface area contributed by atoms with Crippen LogP contribution in [0.2, 0.25) is 10.0 Å². The Morgan fingerprint density at radius 1 is 0.926 bits per heavy atom. The van der Waals surface area contributed by atoms with Crippen molar-refractivity contribution in [2.24, 2.45) is 0 Å². The average Bonchev–Trinajstić information content (AvgIpc) is 3.16. The summed E-state index contributed by atoms with van der Waals surface area (Å²) in [6, 6.07) is 15.0. The number of nitrogens with one attached hydrogen (secondary N) is 2. The Labute approximate surface area is 165 Å². The van der Waals surface area contributed by atoms with E-state index >= 15 is 0 Å². The van der Waals surface area contributed by atoms with Crippen molar-refractivity contribution in [1.82, 2.24) is 0 Å². The SMILES string of the molecule is O=C(C=Cc1ccc(Cl)cc1Cl)Nc1cccc(NC(=O)c2ccco2)c1. The second kappa shape index (κ2) is 8.58. The summed E-state index contributed by atoms with van der Waals surface area (Å²) < 4.78 is 5.04. The molecule has 5 nitrogen and oxygen atoms in total. The van der Waals surface area contributed by atoms with Gasteiger partial charge in [0, 0.05) is 27.5 Å². The number of carbonyl (C=O) groups excluding carboxylic acids is 2. The average molecular weight is 401 g/mol. The Morgan fingerprint density at radius 2 is 1.70 bits per heavy atom. The molecule has 1 heterocycles. The third-order valence-corrected chi connectivity index (χ3v) is 4.07. The number of benzene rings is 2. The first-order valence-corrected chi connectivity index (χ1v) is 8.66. The van der Waals surface area contributed by atoms with E-state index in [1.54, 1.807) is 60.7 Å². The molecule has 0 radical (unpaired) electrons. The minimum atomic E-state index is -0.374. The highest BCUT2D eigenvalue weighted by Gasteiger charge is 2.09. The molecule has 3 aromatic rings. The van der Waals surface area contributed by atoms with Gasteiger partial charge in [0.25, 0.3) is 5.91 Å². The minimum Gasteiger partial charge on any atom is -0.459 e. The zero-order chi connectivity index (χ0) is 19.2. The first-order chi connectivity index (χ1) is 13.0. The second-order valence-electron chi connectivity index (χ2n) is 5.50. The molecule has 0 bridgehead atoms. The summed E-state index contributed by atoms with van der Waals surface area (Å²) in [6.07, 6.45) is 4.38. The second-order valence-corrected chi connectivity index (χ2v) is 6.34. The maximum Gasteiger partial charge on any atom is 0.291 e. The lowest BCUT2D eigenvalue weighted by Gasteiger charge is -2.07. The van der Waals surface area contributed by atoms with E-state index in [-0.39, 0.29) is 17.6 Å². The molecule has 27 heavy (non-hydrogen) atoms. The van der Waals surface area contributed by atoms with E-state index in [0.717, 1.165) is 0 Å². The van der Waals surface area contributed by atoms with Gasteiger partial charge < -0.3 is 15.1 Å². The van der Waals surface area contributed by atoms with Gasteiger partial charge in [-0.2, -0.15) is 0 Å². The highest BCUT2D eigenvalue weighted by Crippen LogP contribution is 2.22. The summed E-state index contributed by atoms with van der Waals surface area (Å²) in [5, 5.41) is 6.39. The molecule has 0 aliphatic carbocycles. The third kappa shape index (κ3) is 5.23. The van der Waals surface area contributed by atoms with Crippen molar-refractivity contribution in [3.8, 4) is 0 Å². The maximum absolute atomic E-state index is 12.1. The lowest BCUT2D eigenvalue weighted by atomic mass is 10.2. The molecule has 0 unspecified atom stereocenters. The van der Waals surface area contributed by atoms with E-state index in [1.165, 1.54) is 12.3 Å². The summed E-state index contributed by atoms with van der Waals surface area (Å²) >= 11 is 11.9. The van der Waals surface area contributed by atoms with Crippen LogP contribution < -0.4 is 10.6 Å². The number of furan rings is 1. The van der Waals surface area contributed by atoms with Crippen LogP contribution in [0.5, 0.6) is 0 Å². The third-order valence-electron chi connectivity index (χ3n) is 3.51. The van der Waals surface area contributed by atoms with Gasteiger partial charge in [-0.05, 0) is 54.1 Å². The smallest absolute Gasteiger partial charge is 0.291 e. The molecule has 7 heteroatoms. The molecule has 0 aliphatic rings. The van der Waals surface area contributed by atoms with Crippen molar-refractivity contribution in [1.29, 1.82) is 0 Å². The lowest BCUT2D eigenvalue weighted by Crippen LogP contribution is -2.12. The van der Waals surface area contributed by atoms with Crippen molar-refractivity contribution < 1.29 is 14.0 Å². The molecular formula is C20H14Cl2N2O3. The molecule has 0 fully saturated rings. The number of anilines is 2. The molecule has 0 saturated carbocycles. The van der Waals surface area contributed by atoms with Crippen LogP contribution in [0, 0.1) is 0 Å². The van der Waals surface area contributed by atoms with Crippen LogP contribution in [0.4, 0.5) is 11.4 Å². The van der Waals surface area contributed by atoms with Crippen LogP contribution in [-0.2, 0) is 4.79 Å². The minimum absolute atomic E-state index is 0.201. The van der Waals surface area contributed by atoms with E-state index in [2.05, 4.69) is 10.6 Å². The fraction of sp³-hybridized carbons (Fsp3) is 0. The molecule has 2 aromatic carbocycles. The Hall–Kier alpha value is -3.02. The van der Waals surface area contributed by atoms with E-state index in [4.69, 9.17) is 27.6 Å². The molecule has 0 spiro atoms. The summed E-state index contributed by atoms with van der Waals surface area (Å²) in [6.45, 7) is 0. The van der Waals surface area contributed by atoms with Gasteiger partial charge in [0.2, 0.25) is 5.91 Å². The Balaban J connectivity index is 1.64. The first-order valence-electron chi connectivity index (χ1n) is 7.90. The Kier molecular flexibility index (Phi) is 5.96. The molecule has 2 amide bonds. The van der Waals surface area contributed by atoms with Crippen LogP contribution in [0.15, 0.2) is 71.4 Å². The van der Waals surface area contributed by atoms with Gasteiger partial charge in [-0.1, -0.05) is 35.3 Å². The Bertz CT molecular complexity index is 998. The number of rotatable bonds is 5. The van der Waals surface area contributed by atoms with Crippen LogP contribution in [0.3, 0.4) is 0 Å². The van der Waals surface area contributed by atoms with E-state index in [1.807, 2.05) is 0 Å². The van der Waals surface area contributed by atoms with Gasteiger partial charge in [0.1, 0.15) is 0 Å². The number of halogens is 2. The molecule has 136 valence electrons. The molecular weight excluding hydrogens is 387 g/mol. The summed E-state index contributed by atoms with van der Waals surface area (Å²) in [5.74, 6) is -0.511. The van der Waals surface area contributed by atoms with Crippen molar-refractivity contribution in [3.63, 3.8) is 0 Å². The van der Waals surface area contributed by atoms with Gasteiger partial charge in [-0.15, -0.1) is 0 Å². The van der Waals surface area contributed by atoms with Crippen molar-refractivity contribution in [2.45, 2.75) is 0 Å². The van der Waals surface area contributed by atoms with Crippen LogP contribution in [0.1, 0.15) is 16.1 Å². The van der Waals surface area contributed by atoms with Crippen molar-refractivity contribution in [2.75, 3.05) is 10.6 Å². The number of amides is 2. The maximum atomic E-state index is 12.1. The topological polar surface area (TPSA) is 71.3 Å². The highest BCUT2D eigenvalue weighted by atomic mass is 35.5. The summed E-state index contributed by atoms with van der Waals surface area (Å²) in [5.41, 5.74) is 1.73. The van der Waals surface area contributed by atoms with Crippen LogP contribution in [-0.4, -0.2) is 11.8 Å². The zero-order valence-electron chi connectivity index (χ0n) is 13.9. The normalized spacial score (nSPS) is 10.7. The standard InChI is InChI=1S/C20H14Cl2N2O3/c21-14-8-6-13(17(22)11-14)7-9-19(25)23-15-3-1-4-16(12-15)24-20(26)18-5-2-10-27-18/h1-12H,(H,23,25)(H,24,26). The predicted octanol–water partition coefficient (Wildman–Crippen LogP) is 5.49. The van der Waals surface area contributed by atoms with Gasteiger partial charge >= 0.3 is 0 Å².